The highest BCUT2D eigenvalue weighted by molar-refractivity contribution is 8.15. The SMILES string of the molecule is CN(CCOc1ccc(CC2SC(=O)NC2=O)cc1)c1ccccn1.O=C(O)c1ccccc1O. The lowest BCUT2D eigenvalue weighted by molar-refractivity contribution is -0.118. The molecular weight excluding hydrogens is 470 g/mol. The summed E-state index contributed by atoms with van der Waals surface area (Å²) in [4.78, 5) is 39.4. The van der Waals surface area contributed by atoms with Crippen LogP contribution in [-0.4, -0.2) is 57.8 Å². The Kier molecular flexibility index (Phi) is 9.08. The smallest absolute Gasteiger partial charge is 0.339 e. The molecule has 0 spiro atoms. The molecular formula is C25H25N3O6S. The average Bonchev–Trinajstić information content (AvgIpc) is 3.17. The Morgan fingerprint density at radius 1 is 1.09 bits per heavy atom. The molecule has 1 saturated heterocycles. The van der Waals surface area contributed by atoms with Gasteiger partial charge in [0.1, 0.15) is 29.5 Å². The molecule has 2 aromatic carbocycles. The number of para-hydroxylation sites is 1. The van der Waals surface area contributed by atoms with Crippen molar-refractivity contribution in [1.29, 1.82) is 0 Å². The summed E-state index contributed by atoms with van der Waals surface area (Å²) in [6.07, 6.45) is 2.30. The highest BCUT2D eigenvalue weighted by Crippen LogP contribution is 2.24. The molecule has 0 saturated carbocycles. The van der Waals surface area contributed by atoms with Gasteiger partial charge in [-0.3, -0.25) is 14.9 Å². The van der Waals surface area contributed by atoms with Crippen LogP contribution in [0.1, 0.15) is 15.9 Å². The standard InChI is InChI=1S/C18H19N3O3S.C7H6O3/c1-21(16-4-2-3-9-19-16)10-11-24-14-7-5-13(6-8-14)12-15-17(22)20-18(23)25-15;8-6-4-2-1-3-5(6)7(9)10/h2-9,15H,10-12H2,1H3,(H,20,22,23);1-4,8H,(H,9,10). The van der Waals surface area contributed by atoms with Gasteiger partial charge in [-0.2, -0.15) is 0 Å². The molecule has 0 aliphatic carbocycles. The third-order valence-corrected chi connectivity index (χ3v) is 5.96. The van der Waals surface area contributed by atoms with Gasteiger partial charge in [0, 0.05) is 13.2 Å². The fraction of sp³-hybridized carbons (Fsp3) is 0.200. The summed E-state index contributed by atoms with van der Waals surface area (Å²) in [7, 11) is 1.97. The highest BCUT2D eigenvalue weighted by Gasteiger charge is 2.31. The summed E-state index contributed by atoms with van der Waals surface area (Å²) in [6, 6.07) is 19.2. The number of nitrogens with one attached hydrogen (secondary N) is 1. The maximum Gasteiger partial charge on any atom is 0.339 e. The second-order valence-corrected chi connectivity index (χ2v) is 8.69. The molecule has 1 fully saturated rings. The van der Waals surface area contributed by atoms with E-state index in [2.05, 4.69) is 10.3 Å². The number of carboxylic acids is 1. The molecule has 2 heterocycles. The fourth-order valence-corrected chi connectivity index (χ4v) is 3.97. The summed E-state index contributed by atoms with van der Waals surface area (Å²) in [5.41, 5.74) is 0.933. The number of nitrogens with zero attached hydrogens (tertiary/aromatic N) is 2. The van der Waals surface area contributed by atoms with Crippen molar-refractivity contribution in [3.05, 3.63) is 84.1 Å². The van der Waals surface area contributed by atoms with E-state index in [4.69, 9.17) is 14.9 Å². The monoisotopic (exact) mass is 495 g/mol. The lowest BCUT2D eigenvalue weighted by Crippen LogP contribution is -2.25. The van der Waals surface area contributed by atoms with Crippen LogP contribution in [0.5, 0.6) is 11.5 Å². The number of phenols is 1. The van der Waals surface area contributed by atoms with Crippen molar-refractivity contribution < 1.29 is 29.3 Å². The normalized spacial score (nSPS) is 14.5. The molecule has 1 aliphatic heterocycles. The Morgan fingerprint density at radius 2 is 1.80 bits per heavy atom. The van der Waals surface area contributed by atoms with Gasteiger partial charge in [-0.1, -0.05) is 42.1 Å². The highest BCUT2D eigenvalue weighted by atomic mass is 32.2. The van der Waals surface area contributed by atoms with Crippen molar-refractivity contribution in [1.82, 2.24) is 10.3 Å². The Labute approximate surface area is 206 Å². The maximum atomic E-state index is 11.6. The zero-order valence-electron chi connectivity index (χ0n) is 19.0. The van der Waals surface area contributed by atoms with Crippen molar-refractivity contribution in [3.63, 3.8) is 0 Å². The van der Waals surface area contributed by atoms with E-state index in [9.17, 15) is 14.4 Å². The predicted molar refractivity (Wildman–Crippen MR) is 133 cm³/mol. The quantitative estimate of drug-likeness (QED) is 0.429. The molecule has 10 heteroatoms. The van der Waals surface area contributed by atoms with Crippen LogP contribution in [0.3, 0.4) is 0 Å². The van der Waals surface area contributed by atoms with Gasteiger partial charge >= 0.3 is 5.97 Å². The first kappa shape index (κ1) is 25.6. The number of benzene rings is 2. The molecule has 1 atom stereocenters. The van der Waals surface area contributed by atoms with Gasteiger partial charge in [0.25, 0.3) is 5.24 Å². The number of carbonyl (C=O) groups is 3. The zero-order chi connectivity index (χ0) is 25.2. The van der Waals surface area contributed by atoms with Crippen molar-refractivity contribution in [3.8, 4) is 11.5 Å². The van der Waals surface area contributed by atoms with E-state index < -0.39 is 5.97 Å². The summed E-state index contributed by atoms with van der Waals surface area (Å²) >= 11 is 1.05. The van der Waals surface area contributed by atoms with Crippen LogP contribution in [0.25, 0.3) is 0 Å². The zero-order valence-corrected chi connectivity index (χ0v) is 19.8. The first-order valence-corrected chi connectivity index (χ1v) is 11.6. The molecule has 4 rings (SSSR count). The summed E-state index contributed by atoms with van der Waals surface area (Å²) in [5, 5.41) is 19.0. The molecule has 3 aromatic rings. The lowest BCUT2D eigenvalue weighted by atomic mass is 10.1. The molecule has 35 heavy (non-hydrogen) atoms. The number of imide groups is 1. The molecule has 182 valence electrons. The second-order valence-electron chi connectivity index (χ2n) is 7.51. The number of likely N-dealkylation sites (N-methyl/N-ethyl adjacent to an activating group) is 1. The topological polar surface area (TPSA) is 129 Å². The number of amides is 2. The number of rotatable bonds is 8. The Hall–Kier alpha value is -4.05. The molecule has 1 aromatic heterocycles. The van der Waals surface area contributed by atoms with Crippen molar-refractivity contribution >= 4 is 34.7 Å². The number of aromatic carboxylic acids is 1. The van der Waals surface area contributed by atoms with E-state index in [1.54, 1.807) is 18.3 Å². The summed E-state index contributed by atoms with van der Waals surface area (Å²) < 4.78 is 5.75. The van der Waals surface area contributed by atoms with Gasteiger partial charge in [0.2, 0.25) is 5.91 Å². The van der Waals surface area contributed by atoms with Gasteiger partial charge in [0.15, 0.2) is 0 Å². The van der Waals surface area contributed by atoms with Crippen molar-refractivity contribution in [2.75, 3.05) is 25.1 Å². The molecule has 0 radical (unpaired) electrons. The van der Waals surface area contributed by atoms with Gasteiger partial charge in [-0.05, 0) is 48.4 Å². The van der Waals surface area contributed by atoms with E-state index in [0.29, 0.717) is 13.0 Å². The fourth-order valence-electron chi connectivity index (χ4n) is 3.11. The van der Waals surface area contributed by atoms with E-state index in [1.165, 1.54) is 12.1 Å². The summed E-state index contributed by atoms with van der Waals surface area (Å²) in [5.74, 6) is 0.155. The van der Waals surface area contributed by atoms with E-state index in [-0.39, 0.29) is 27.7 Å². The van der Waals surface area contributed by atoms with E-state index in [1.807, 2.05) is 54.4 Å². The number of carbonyl (C=O) groups excluding carboxylic acids is 2. The van der Waals surface area contributed by atoms with E-state index in [0.717, 1.165) is 35.4 Å². The van der Waals surface area contributed by atoms with Crippen molar-refractivity contribution in [2.24, 2.45) is 0 Å². The second kappa shape index (κ2) is 12.4. The Bertz CT molecular complexity index is 1160. The van der Waals surface area contributed by atoms with Crippen LogP contribution in [-0.2, 0) is 11.2 Å². The molecule has 2 amide bonds. The minimum absolute atomic E-state index is 0.0671. The number of hydrogen-bond donors (Lipinski definition) is 3. The van der Waals surface area contributed by atoms with Crippen molar-refractivity contribution in [2.45, 2.75) is 11.7 Å². The van der Waals surface area contributed by atoms with Crippen LogP contribution in [0, 0.1) is 0 Å². The molecule has 0 bridgehead atoms. The van der Waals surface area contributed by atoms with Crippen LogP contribution in [0.15, 0.2) is 72.9 Å². The molecule has 3 N–H and O–H groups in total. The van der Waals surface area contributed by atoms with E-state index >= 15 is 0 Å². The minimum atomic E-state index is -1.11. The number of anilines is 1. The largest absolute Gasteiger partial charge is 0.507 e. The lowest BCUT2D eigenvalue weighted by Gasteiger charge is -2.18. The van der Waals surface area contributed by atoms with Crippen LogP contribution < -0.4 is 15.0 Å². The number of hydrogen-bond acceptors (Lipinski definition) is 8. The van der Waals surface area contributed by atoms with Gasteiger partial charge in [-0.25, -0.2) is 9.78 Å². The number of carboxylic acid groups (broad SMARTS) is 1. The summed E-state index contributed by atoms with van der Waals surface area (Å²) in [6.45, 7) is 1.27. The molecule has 1 aliphatic rings. The first-order chi connectivity index (χ1) is 16.8. The minimum Gasteiger partial charge on any atom is -0.507 e. The Morgan fingerprint density at radius 3 is 2.37 bits per heavy atom. The maximum absolute atomic E-state index is 11.6. The Balaban J connectivity index is 0.000000287. The number of aromatic hydroxyl groups is 1. The number of ether oxygens (including phenoxy) is 1. The number of thioether (sulfide) groups is 1. The van der Waals surface area contributed by atoms with Crippen LogP contribution in [0.2, 0.25) is 0 Å². The van der Waals surface area contributed by atoms with Crippen LogP contribution >= 0.6 is 11.8 Å². The first-order valence-electron chi connectivity index (χ1n) is 10.7. The number of aromatic nitrogens is 1. The third kappa shape index (κ3) is 7.75. The average molecular weight is 496 g/mol. The van der Waals surface area contributed by atoms with Gasteiger partial charge < -0.3 is 19.8 Å². The number of pyridine rings is 1. The molecule has 1 unspecified atom stereocenters. The third-order valence-electron chi connectivity index (χ3n) is 4.98. The van der Waals surface area contributed by atoms with Gasteiger partial charge in [-0.15, -0.1) is 0 Å². The van der Waals surface area contributed by atoms with Crippen LogP contribution in [0.4, 0.5) is 10.6 Å². The molecule has 9 nitrogen and oxygen atoms in total. The predicted octanol–water partition coefficient (Wildman–Crippen LogP) is 3.58. The van der Waals surface area contributed by atoms with Gasteiger partial charge in [0.05, 0.1) is 11.8 Å².